The van der Waals surface area contributed by atoms with Crippen molar-refractivity contribution in [3.63, 3.8) is 0 Å². The molecule has 1 aromatic heterocycles. The lowest BCUT2D eigenvalue weighted by molar-refractivity contribution is 0.0758. The Morgan fingerprint density at radius 1 is 1.17 bits per heavy atom. The molecule has 0 aliphatic carbocycles. The maximum absolute atomic E-state index is 12.8. The molecule has 0 N–H and O–H groups in total. The molecule has 0 atom stereocenters. The predicted octanol–water partition coefficient (Wildman–Crippen LogP) is 2.46. The highest BCUT2D eigenvalue weighted by Crippen LogP contribution is 2.29. The summed E-state index contributed by atoms with van der Waals surface area (Å²) in [5, 5.41) is 0. The summed E-state index contributed by atoms with van der Waals surface area (Å²) in [7, 11) is -3.47. The number of rotatable bonds is 4. The molecule has 2 aromatic rings. The summed E-state index contributed by atoms with van der Waals surface area (Å²) < 4.78 is 32.8. The number of ether oxygens (including phenoxy) is 1. The van der Waals surface area contributed by atoms with E-state index in [1.165, 1.54) is 4.31 Å². The summed E-state index contributed by atoms with van der Waals surface area (Å²) >= 11 is 0. The Bertz CT molecular complexity index is 790. The maximum Gasteiger partial charge on any atom is 0.243 e. The molecular weight excluding hydrogens is 312 g/mol. The van der Waals surface area contributed by atoms with Crippen LogP contribution in [0.3, 0.4) is 0 Å². The number of aryl methyl sites for hydroxylation is 3. The molecule has 1 aromatic carbocycles. The van der Waals surface area contributed by atoms with E-state index in [2.05, 4.69) is 4.98 Å². The molecule has 6 heteroatoms. The van der Waals surface area contributed by atoms with E-state index in [1.54, 1.807) is 18.5 Å². The molecule has 23 heavy (non-hydrogen) atoms. The minimum absolute atomic E-state index is 0.125. The Hall–Kier alpha value is -1.92. The first-order valence-electron chi connectivity index (χ1n) is 7.52. The van der Waals surface area contributed by atoms with Crippen LogP contribution in [0, 0.1) is 20.8 Å². The van der Waals surface area contributed by atoms with Gasteiger partial charge in [-0.1, -0.05) is 17.7 Å². The molecular formula is C17H20N2O3S. The van der Waals surface area contributed by atoms with Crippen LogP contribution < -0.4 is 4.74 Å². The molecule has 122 valence electrons. The number of nitrogens with zero attached hydrogens (tertiary/aromatic N) is 2. The highest BCUT2D eigenvalue weighted by molar-refractivity contribution is 7.89. The first-order chi connectivity index (χ1) is 10.9. The van der Waals surface area contributed by atoms with Crippen molar-refractivity contribution in [3.05, 3.63) is 53.3 Å². The van der Waals surface area contributed by atoms with Crippen LogP contribution in [0.5, 0.6) is 5.75 Å². The van der Waals surface area contributed by atoms with E-state index in [9.17, 15) is 8.42 Å². The molecule has 1 aliphatic heterocycles. The zero-order valence-corrected chi connectivity index (χ0v) is 14.3. The van der Waals surface area contributed by atoms with Gasteiger partial charge in [-0.25, -0.2) is 8.42 Å². The van der Waals surface area contributed by atoms with Crippen molar-refractivity contribution in [2.75, 3.05) is 13.1 Å². The minimum Gasteiger partial charge on any atom is -0.486 e. The lowest BCUT2D eigenvalue weighted by atomic mass is 10.1. The summed E-state index contributed by atoms with van der Waals surface area (Å²) in [5.74, 6) is 0.664. The Kier molecular flexibility index (Phi) is 4.12. The number of benzene rings is 1. The van der Waals surface area contributed by atoms with Gasteiger partial charge in [-0.05, 0) is 44.0 Å². The molecule has 0 bridgehead atoms. The van der Waals surface area contributed by atoms with Gasteiger partial charge in [0.2, 0.25) is 10.0 Å². The van der Waals surface area contributed by atoms with Crippen LogP contribution in [0.15, 0.2) is 41.6 Å². The molecule has 0 unspecified atom stereocenters. The summed E-state index contributed by atoms with van der Waals surface area (Å²) in [5.41, 5.74) is 2.65. The van der Waals surface area contributed by atoms with Gasteiger partial charge in [-0.2, -0.15) is 4.31 Å². The normalized spacial score (nSPS) is 16.1. The van der Waals surface area contributed by atoms with Gasteiger partial charge in [0.1, 0.15) is 11.9 Å². The van der Waals surface area contributed by atoms with Gasteiger partial charge in [-0.15, -0.1) is 0 Å². The average molecular weight is 332 g/mol. The van der Waals surface area contributed by atoms with Crippen molar-refractivity contribution in [1.29, 1.82) is 0 Å². The van der Waals surface area contributed by atoms with Crippen molar-refractivity contribution in [2.24, 2.45) is 0 Å². The van der Waals surface area contributed by atoms with Crippen LogP contribution in [0.4, 0.5) is 0 Å². The highest BCUT2D eigenvalue weighted by atomic mass is 32.2. The van der Waals surface area contributed by atoms with Crippen molar-refractivity contribution < 1.29 is 13.2 Å². The van der Waals surface area contributed by atoms with Crippen LogP contribution >= 0.6 is 0 Å². The van der Waals surface area contributed by atoms with E-state index in [0.717, 1.165) is 16.7 Å². The van der Waals surface area contributed by atoms with Gasteiger partial charge in [0.05, 0.1) is 24.2 Å². The second-order valence-electron chi connectivity index (χ2n) is 5.98. The zero-order chi connectivity index (χ0) is 16.6. The lowest BCUT2D eigenvalue weighted by Gasteiger charge is -2.38. The minimum atomic E-state index is -3.47. The molecule has 0 amide bonds. The van der Waals surface area contributed by atoms with E-state index < -0.39 is 10.0 Å². The third-order valence-electron chi connectivity index (χ3n) is 3.95. The summed E-state index contributed by atoms with van der Waals surface area (Å²) in [6.07, 6.45) is 3.18. The fraction of sp³-hybridized carbons (Fsp3) is 0.353. The standard InChI is InChI=1S/C17H20N2O3S/c1-12-7-13(2)17(14(3)8-12)23(20,21)19-10-16(11-19)22-15-5-4-6-18-9-15/h4-9,16H,10-11H2,1-3H3. The summed E-state index contributed by atoms with van der Waals surface area (Å²) in [4.78, 5) is 4.41. The third kappa shape index (κ3) is 3.09. The van der Waals surface area contributed by atoms with Gasteiger partial charge < -0.3 is 4.74 Å². The van der Waals surface area contributed by atoms with Crippen LogP contribution in [0.2, 0.25) is 0 Å². The predicted molar refractivity (Wildman–Crippen MR) is 88.1 cm³/mol. The number of sulfonamides is 1. The second kappa shape index (κ2) is 5.94. The number of hydrogen-bond acceptors (Lipinski definition) is 4. The van der Waals surface area contributed by atoms with E-state index in [1.807, 2.05) is 39.0 Å². The maximum atomic E-state index is 12.8. The third-order valence-corrected chi connectivity index (χ3v) is 6.09. The molecule has 0 radical (unpaired) electrons. The summed E-state index contributed by atoms with van der Waals surface area (Å²) in [6.45, 7) is 6.39. The largest absolute Gasteiger partial charge is 0.486 e. The topological polar surface area (TPSA) is 59.5 Å². The van der Waals surface area contributed by atoms with E-state index in [0.29, 0.717) is 23.7 Å². The first kappa shape index (κ1) is 16.0. The highest BCUT2D eigenvalue weighted by Gasteiger charge is 2.39. The number of aromatic nitrogens is 1. The van der Waals surface area contributed by atoms with Crippen LogP contribution in [0.25, 0.3) is 0 Å². The van der Waals surface area contributed by atoms with Crippen molar-refractivity contribution >= 4 is 10.0 Å². The fourth-order valence-corrected chi connectivity index (χ4v) is 4.90. The van der Waals surface area contributed by atoms with Crippen molar-refractivity contribution in [3.8, 4) is 5.75 Å². The molecule has 2 heterocycles. The Morgan fingerprint density at radius 3 is 2.39 bits per heavy atom. The second-order valence-corrected chi connectivity index (χ2v) is 7.85. The lowest BCUT2D eigenvalue weighted by Crippen LogP contribution is -2.56. The van der Waals surface area contributed by atoms with Crippen LogP contribution in [-0.4, -0.2) is 36.9 Å². The molecule has 1 saturated heterocycles. The van der Waals surface area contributed by atoms with Gasteiger partial charge in [0, 0.05) is 6.20 Å². The van der Waals surface area contributed by atoms with Gasteiger partial charge in [0.25, 0.3) is 0 Å². The smallest absolute Gasteiger partial charge is 0.243 e. The molecule has 5 nitrogen and oxygen atoms in total. The fourth-order valence-electron chi connectivity index (χ4n) is 2.98. The van der Waals surface area contributed by atoms with Crippen LogP contribution in [-0.2, 0) is 10.0 Å². The van der Waals surface area contributed by atoms with Crippen molar-refractivity contribution in [2.45, 2.75) is 31.8 Å². The number of hydrogen-bond donors (Lipinski definition) is 0. The SMILES string of the molecule is Cc1cc(C)c(S(=O)(=O)N2CC(Oc3cccnc3)C2)c(C)c1. The monoisotopic (exact) mass is 332 g/mol. The van der Waals surface area contributed by atoms with E-state index in [-0.39, 0.29) is 6.10 Å². The van der Waals surface area contributed by atoms with Gasteiger partial charge in [0.15, 0.2) is 0 Å². The molecule has 1 fully saturated rings. The quantitative estimate of drug-likeness (QED) is 0.863. The Labute approximate surface area is 137 Å². The summed E-state index contributed by atoms with van der Waals surface area (Å²) in [6, 6.07) is 7.42. The average Bonchev–Trinajstić information content (AvgIpc) is 2.41. The first-order valence-corrected chi connectivity index (χ1v) is 8.96. The van der Waals surface area contributed by atoms with Crippen LogP contribution in [0.1, 0.15) is 16.7 Å². The van der Waals surface area contributed by atoms with E-state index in [4.69, 9.17) is 4.74 Å². The number of pyridine rings is 1. The molecule has 3 rings (SSSR count). The molecule has 0 saturated carbocycles. The zero-order valence-electron chi connectivity index (χ0n) is 13.5. The molecule has 0 spiro atoms. The van der Waals surface area contributed by atoms with E-state index >= 15 is 0 Å². The Balaban J connectivity index is 1.74. The Morgan fingerprint density at radius 2 is 1.83 bits per heavy atom. The van der Waals surface area contributed by atoms with Crippen molar-refractivity contribution in [1.82, 2.24) is 9.29 Å². The molecule has 1 aliphatic rings. The van der Waals surface area contributed by atoms with Gasteiger partial charge >= 0.3 is 0 Å². The van der Waals surface area contributed by atoms with Gasteiger partial charge in [-0.3, -0.25) is 4.98 Å².